The van der Waals surface area contributed by atoms with Crippen molar-refractivity contribution < 1.29 is 18.6 Å². The van der Waals surface area contributed by atoms with Crippen molar-refractivity contribution in [1.29, 1.82) is 0 Å². The molecule has 0 N–H and O–H groups in total. The van der Waals surface area contributed by atoms with Crippen molar-refractivity contribution in [2.24, 2.45) is 0 Å². The number of hydrogen-bond donors (Lipinski definition) is 0. The van der Waals surface area contributed by atoms with Crippen LogP contribution in [0, 0.1) is 5.82 Å². The largest absolute Gasteiger partial charge is 0.478 e. The van der Waals surface area contributed by atoms with Crippen LogP contribution in [0.2, 0.25) is 0 Å². The minimum absolute atomic E-state index is 0. The highest BCUT2D eigenvalue weighted by atomic mass is 35.5. The lowest BCUT2D eigenvalue weighted by Crippen LogP contribution is -2.35. The minimum atomic E-state index is -0.173. The van der Waals surface area contributed by atoms with Crippen LogP contribution in [-0.4, -0.2) is 31.5 Å². The van der Waals surface area contributed by atoms with Crippen molar-refractivity contribution in [3.63, 3.8) is 0 Å². The predicted octanol–water partition coefficient (Wildman–Crippen LogP) is 4.19. The van der Waals surface area contributed by atoms with Crippen LogP contribution in [0.15, 0.2) is 42.5 Å². The van der Waals surface area contributed by atoms with Crippen LogP contribution < -0.4 is 14.2 Å². The highest BCUT2D eigenvalue weighted by Crippen LogP contribution is 2.35. The summed E-state index contributed by atoms with van der Waals surface area (Å²) < 4.78 is 29.5. The maximum atomic E-state index is 13.0. The topological polar surface area (TPSA) is 30.9 Å². The van der Waals surface area contributed by atoms with Gasteiger partial charge in [0.2, 0.25) is 6.79 Å². The minimum Gasteiger partial charge on any atom is -0.478 e. The number of benzene rings is 2. The van der Waals surface area contributed by atoms with Crippen LogP contribution in [0.25, 0.3) is 0 Å². The Balaban J connectivity index is 0.00000182. The Morgan fingerprint density at radius 1 is 1.00 bits per heavy atom. The molecule has 0 unspecified atom stereocenters. The van der Waals surface area contributed by atoms with E-state index in [4.69, 9.17) is 14.2 Å². The Kier molecular flexibility index (Phi) is 5.66. The van der Waals surface area contributed by atoms with Gasteiger partial charge in [-0.05, 0) is 48.6 Å². The van der Waals surface area contributed by atoms with E-state index in [1.165, 1.54) is 5.56 Å². The van der Waals surface area contributed by atoms with E-state index in [-0.39, 0.29) is 25.0 Å². The molecule has 2 aromatic rings. The summed E-state index contributed by atoms with van der Waals surface area (Å²) in [4.78, 5) is 2.30. The zero-order valence-corrected chi connectivity index (χ0v) is 14.6. The molecule has 2 aliphatic rings. The molecular formula is C19H21ClFNO3. The first-order valence-corrected chi connectivity index (χ1v) is 8.28. The van der Waals surface area contributed by atoms with Crippen LogP contribution in [0.4, 0.5) is 4.39 Å². The van der Waals surface area contributed by atoms with E-state index in [2.05, 4.69) is 4.90 Å². The Morgan fingerprint density at radius 3 is 2.48 bits per heavy atom. The SMILES string of the molecule is Cl.Fc1ccc(C2CCN(COc3ccc4c(c3)OCO4)CC2)cc1. The van der Waals surface area contributed by atoms with E-state index in [0.717, 1.165) is 43.2 Å². The van der Waals surface area contributed by atoms with Gasteiger partial charge in [0, 0.05) is 19.2 Å². The van der Waals surface area contributed by atoms with E-state index in [9.17, 15) is 4.39 Å². The second-order valence-corrected chi connectivity index (χ2v) is 6.23. The molecule has 1 fully saturated rings. The van der Waals surface area contributed by atoms with Gasteiger partial charge < -0.3 is 14.2 Å². The summed E-state index contributed by atoms with van der Waals surface area (Å²) in [6.45, 7) is 2.80. The van der Waals surface area contributed by atoms with E-state index in [1.54, 1.807) is 12.1 Å². The molecule has 4 nitrogen and oxygen atoms in total. The first-order valence-electron chi connectivity index (χ1n) is 8.28. The molecule has 25 heavy (non-hydrogen) atoms. The zero-order valence-electron chi connectivity index (χ0n) is 13.8. The lowest BCUT2D eigenvalue weighted by atomic mass is 9.90. The number of likely N-dealkylation sites (tertiary alicyclic amines) is 1. The van der Waals surface area contributed by atoms with Gasteiger partial charge in [-0.25, -0.2) is 4.39 Å². The fourth-order valence-corrected chi connectivity index (χ4v) is 3.26. The first-order chi connectivity index (χ1) is 11.8. The summed E-state index contributed by atoms with van der Waals surface area (Å²) >= 11 is 0. The number of rotatable bonds is 4. The van der Waals surface area contributed by atoms with Crippen molar-refractivity contribution in [3.8, 4) is 17.2 Å². The monoisotopic (exact) mass is 365 g/mol. The molecule has 0 bridgehead atoms. The molecule has 2 aromatic carbocycles. The van der Waals surface area contributed by atoms with Gasteiger partial charge in [-0.1, -0.05) is 12.1 Å². The molecule has 0 saturated carbocycles. The second kappa shape index (κ2) is 7.93. The van der Waals surface area contributed by atoms with Gasteiger partial charge in [0.05, 0.1) is 0 Å². The van der Waals surface area contributed by atoms with Gasteiger partial charge in [0.25, 0.3) is 0 Å². The quantitative estimate of drug-likeness (QED) is 0.812. The van der Waals surface area contributed by atoms with E-state index >= 15 is 0 Å². The molecule has 6 heteroatoms. The molecule has 0 atom stereocenters. The van der Waals surface area contributed by atoms with Gasteiger partial charge in [0.1, 0.15) is 18.3 Å². The fourth-order valence-electron chi connectivity index (χ4n) is 3.26. The second-order valence-electron chi connectivity index (χ2n) is 6.23. The van der Waals surface area contributed by atoms with E-state index in [1.807, 2.05) is 30.3 Å². The molecule has 2 heterocycles. The number of ether oxygens (including phenoxy) is 3. The molecule has 0 aliphatic carbocycles. The third kappa shape index (κ3) is 4.17. The summed E-state index contributed by atoms with van der Waals surface area (Å²) in [5.74, 6) is 2.63. The highest BCUT2D eigenvalue weighted by molar-refractivity contribution is 5.85. The Labute approximate surface area is 152 Å². The molecular weight excluding hydrogens is 345 g/mol. The molecule has 134 valence electrons. The van der Waals surface area contributed by atoms with Crippen molar-refractivity contribution >= 4 is 12.4 Å². The summed E-state index contributed by atoms with van der Waals surface area (Å²) in [6.07, 6.45) is 2.13. The van der Waals surface area contributed by atoms with Crippen LogP contribution in [0.1, 0.15) is 24.3 Å². The smallest absolute Gasteiger partial charge is 0.231 e. The van der Waals surface area contributed by atoms with Crippen LogP contribution in [-0.2, 0) is 0 Å². The molecule has 1 saturated heterocycles. The average molecular weight is 366 g/mol. The van der Waals surface area contributed by atoms with Crippen LogP contribution in [0.3, 0.4) is 0 Å². The van der Waals surface area contributed by atoms with Crippen molar-refractivity contribution in [1.82, 2.24) is 4.90 Å². The lowest BCUT2D eigenvalue weighted by Gasteiger charge is -2.31. The maximum absolute atomic E-state index is 13.0. The van der Waals surface area contributed by atoms with E-state index in [0.29, 0.717) is 12.6 Å². The van der Waals surface area contributed by atoms with Gasteiger partial charge >= 0.3 is 0 Å². The Hall–Kier alpha value is -1.98. The Morgan fingerprint density at radius 2 is 1.72 bits per heavy atom. The normalized spacial score (nSPS) is 17.2. The third-order valence-electron chi connectivity index (χ3n) is 4.69. The predicted molar refractivity (Wildman–Crippen MR) is 95.3 cm³/mol. The van der Waals surface area contributed by atoms with Gasteiger partial charge in [-0.2, -0.15) is 0 Å². The number of piperidine rings is 1. The summed E-state index contributed by atoms with van der Waals surface area (Å²) in [5, 5.41) is 0. The molecule has 4 rings (SSSR count). The standard InChI is InChI=1S/C19H20FNO3.ClH/c20-16-3-1-14(2-4-16)15-7-9-21(10-8-15)12-22-17-5-6-18-19(11-17)24-13-23-18;/h1-6,11,15H,7-10,12-13H2;1H. The molecule has 0 aromatic heterocycles. The third-order valence-corrected chi connectivity index (χ3v) is 4.69. The van der Waals surface area contributed by atoms with Crippen LogP contribution >= 0.6 is 12.4 Å². The summed E-state index contributed by atoms with van der Waals surface area (Å²) in [5.41, 5.74) is 1.23. The lowest BCUT2D eigenvalue weighted by molar-refractivity contribution is 0.0996. The summed E-state index contributed by atoms with van der Waals surface area (Å²) in [6, 6.07) is 12.5. The Bertz CT molecular complexity index is 702. The number of hydrogen-bond acceptors (Lipinski definition) is 4. The zero-order chi connectivity index (χ0) is 16.4. The summed E-state index contributed by atoms with van der Waals surface area (Å²) in [7, 11) is 0. The van der Waals surface area contributed by atoms with Crippen molar-refractivity contribution in [2.45, 2.75) is 18.8 Å². The van der Waals surface area contributed by atoms with Crippen molar-refractivity contribution in [2.75, 3.05) is 26.6 Å². The van der Waals surface area contributed by atoms with E-state index < -0.39 is 0 Å². The van der Waals surface area contributed by atoms with Gasteiger partial charge in [-0.3, -0.25) is 4.90 Å². The highest BCUT2D eigenvalue weighted by Gasteiger charge is 2.21. The maximum Gasteiger partial charge on any atom is 0.231 e. The fraction of sp³-hybridized carbons (Fsp3) is 0.368. The molecule has 0 spiro atoms. The van der Waals surface area contributed by atoms with Crippen molar-refractivity contribution in [3.05, 3.63) is 53.8 Å². The van der Waals surface area contributed by atoms with Gasteiger partial charge in [0.15, 0.2) is 11.5 Å². The average Bonchev–Trinajstić information content (AvgIpc) is 3.09. The molecule has 2 aliphatic heterocycles. The number of halogens is 2. The number of nitrogens with zero attached hydrogens (tertiary/aromatic N) is 1. The van der Waals surface area contributed by atoms with Crippen LogP contribution in [0.5, 0.6) is 17.2 Å². The number of fused-ring (bicyclic) bond motifs is 1. The molecule has 0 radical (unpaired) electrons. The van der Waals surface area contributed by atoms with Gasteiger partial charge in [-0.15, -0.1) is 12.4 Å². The first kappa shape index (κ1) is 17.8. The molecule has 0 amide bonds.